The molecule has 0 saturated carbocycles. The molecule has 1 aromatic carbocycles. The summed E-state index contributed by atoms with van der Waals surface area (Å²) in [5.41, 5.74) is 0.605. The maximum Gasteiger partial charge on any atom is 0.341 e. The van der Waals surface area contributed by atoms with E-state index in [2.05, 4.69) is 5.16 Å². The molecule has 0 aliphatic carbocycles. The van der Waals surface area contributed by atoms with Crippen molar-refractivity contribution < 1.29 is 23.9 Å². The summed E-state index contributed by atoms with van der Waals surface area (Å²) in [5, 5.41) is 12.4. The lowest BCUT2D eigenvalue weighted by Gasteiger charge is -2.00. The van der Waals surface area contributed by atoms with Crippen LogP contribution in [0.1, 0.15) is 10.4 Å². The highest BCUT2D eigenvalue weighted by atomic mass is 16.7. The van der Waals surface area contributed by atoms with Gasteiger partial charge in [-0.05, 0) is 18.2 Å². The molecule has 1 aliphatic rings. The van der Waals surface area contributed by atoms with Gasteiger partial charge in [-0.25, -0.2) is 4.79 Å². The van der Waals surface area contributed by atoms with Crippen molar-refractivity contribution in [2.24, 2.45) is 0 Å². The highest BCUT2D eigenvalue weighted by Gasteiger charge is 2.20. The molecule has 1 N–H and O–H groups in total. The molecule has 0 spiro atoms. The zero-order valence-electron chi connectivity index (χ0n) is 8.54. The van der Waals surface area contributed by atoms with E-state index >= 15 is 0 Å². The van der Waals surface area contributed by atoms with Crippen molar-refractivity contribution in [2.75, 3.05) is 6.79 Å². The monoisotopic (exact) mass is 233 g/mol. The van der Waals surface area contributed by atoms with Crippen LogP contribution in [-0.2, 0) is 0 Å². The molecule has 0 amide bonds. The van der Waals surface area contributed by atoms with Crippen LogP contribution in [-0.4, -0.2) is 23.0 Å². The summed E-state index contributed by atoms with van der Waals surface area (Å²) in [5.74, 6) is 0.315. The van der Waals surface area contributed by atoms with Crippen LogP contribution >= 0.6 is 0 Å². The standard InChI is InChI=1S/C11H7NO5/c13-11(14)7-4-12-17-10(7)6-1-2-8-9(3-6)16-5-15-8/h1-4H,5H2,(H,13,14). The zero-order valence-corrected chi connectivity index (χ0v) is 8.54. The van der Waals surface area contributed by atoms with Crippen LogP contribution in [0.3, 0.4) is 0 Å². The average molecular weight is 233 g/mol. The predicted octanol–water partition coefficient (Wildman–Crippen LogP) is 1.77. The Bertz CT molecular complexity index is 589. The first kappa shape index (κ1) is 9.71. The molecule has 17 heavy (non-hydrogen) atoms. The Morgan fingerprint density at radius 1 is 1.29 bits per heavy atom. The van der Waals surface area contributed by atoms with Crippen molar-refractivity contribution in [1.82, 2.24) is 5.16 Å². The van der Waals surface area contributed by atoms with Crippen LogP contribution < -0.4 is 9.47 Å². The number of benzene rings is 1. The van der Waals surface area contributed by atoms with Gasteiger partial charge in [0.15, 0.2) is 17.3 Å². The van der Waals surface area contributed by atoms with E-state index in [4.69, 9.17) is 19.1 Å². The van der Waals surface area contributed by atoms with Crippen molar-refractivity contribution in [3.05, 3.63) is 30.0 Å². The quantitative estimate of drug-likeness (QED) is 0.851. The van der Waals surface area contributed by atoms with Gasteiger partial charge in [0.05, 0.1) is 6.20 Å². The second-order valence-corrected chi connectivity index (χ2v) is 3.44. The Morgan fingerprint density at radius 3 is 2.94 bits per heavy atom. The van der Waals surface area contributed by atoms with Gasteiger partial charge in [0.2, 0.25) is 6.79 Å². The van der Waals surface area contributed by atoms with E-state index in [9.17, 15) is 4.79 Å². The van der Waals surface area contributed by atoms with E-state index < -0.39 is 5.97 Å². The Balaban J connectivity index is 2.09. The number of carboxylic acids is 1. The number of aromatic nitrogens is 1. The van der Waals surface area contributed by atoms with Crippen molar-refractivity contribution in [2.45, 2.75) is 0 Å². The third-order valence-corrected chi connectivity index (χ3v) is 2.44. The maximum absolute atomic E-state index is 10.9. The molecule has 0 saturated heterocycles. The van der Waals surface area contributed by atoms with E-state index in [1.165, 1.54) is 6.20 Å². The molecule has 0 bridgehead atoms. The lowest BCUT2D eigenvalue weighted by atomic mass is 10.1. The van der Waals surface area contributed by atoms with Gasteiger partial charge in [-0.15, -0.1) is 0 Å². The number of rotatable bonds is 2. The number of ether oxygens (including phenoxy) is 2. The van der Waals surface area contributed by atoms with Gasteiger partial charge >= 0.3 is 5.97 Å². The molecular formula is C11H7NO5. The van der Waals surface area contributed by atoms with E-state index in [0.717, 1.165) is 0 Å². The van der Waals surface area contributed by atoms with E-state index in [1.807, 2.05) is 0 Å². The topological polar surface area (TPSA) is 81.8 Å². The highest BCUT2D eigenvalue weighted by molar-refractivity contribution is 5.94. The smallest absolute Gasteiger partial charge is 0.341 e. The number of fused-ring (bicyclic) bond motifs is 1. The Hall–Kier alpha value is -2.50. The summed E-state index contributed by atoms with van der Waals surface area (Å²) >= 11 is 0. The summed E-state index contributed by atoms with van der Waals surface area (Å²) in [6, 6.07) is 5.06. The number of aromatic carboxylic acids is 1. The molecular weight excluding hydrogens is 226 g/mol. The van der Waals surface area contributed by atoms with E-state index in [1.54, 1.807) is 18.2 Å². The first-order chi connectivity index (χ1) is 8.25. The van der Waals surface area contributed by atoms with Gasteiger partial charge in [0.1, 0.15) is 5.56 Å². The van der Waals surface area contributed by atoms with Gasteiger partial charge in [-0.2, -0.15) is 0 Å². The Morgan fingerprint density at radius 2 is 2.12 bits per heavy atom. The fourth-order valence-corrected chi connectivity index (χ4v) is 1.64. The predicted molar refractivity (Wildman–Crippen MR) is 55.0 cm³/mol. The number of carbonyl (C=O) groups is 1. The molecule has 1 aromatic heterocycles. The molecule has 86 valence electrons. The molecule has 6 heteroatoms. The van der Waals surface area contributed by atoms with Crippen LogP contribution in [0.4, 0.5) is 0 Å². The summed E-state index contributed by atoms with van der Waals surface area (Å²) in [6.07, 6.45) is 1.17. The summed E-state index contributed by atoms with van der Waals surface area (Å²) < 4.78 is 15.3. The SMILES string of the molecule is O=C(O)c1cnoc1-c1ccc2c(c1)OCO2. The second-order valence-electron chi connectivity index (χ2n) is 3.44. The van der Waals surface area contributed by atoms with Gasteiger partial charge in [0, 0.05) is 5.56 Å². The Kier molecular flexibility index (Phi) is 2.01. The molecule has 2 aromatic rings. The van der Waals surface area contributed by atoms with Crippen molar-refractivity contribution in [3.63, 3.8) is 0 Å². The molecule has 1 aliphatic heterocycles. The molecule has 0 unspecified atom stereocenters. The fourth-order valence-electron chi connectivity index (χ4n) is 1.64. The molecule has 2 heterocycles. The normalized spacial score (nSPS) is 12.7. The van der Waals surface area contributed by atoms with E-state index in [0.29, 0.717) is 17.1 Å². The first-order valence-corrected chi connectivity index (χ1v) is 4.83. The van der Waals surface area contributed by atoms with E-state index in [-0.39, 0.29) is 18.1 Å². The second kappa shape index (κ2) is 3.51. The minimum absolute atomic E-state index is 0.0175. The van der Waals surface area contributed by atoms with Crippen LogP contribution in [0, 0.1) is 0 Å². The van der Waals surface area contributed by atoms with Gasteiger partial charge in [-0.3, -0.25) is 0 Å². The van der Waals surface area contributed by atoms with Crippen LogP contribution in [0.2, 0.25) is 0 Å². The minimum atomic E-state index is -1.08. The van der Waals surface area contributed by atoms with Gasteiger partial charge in [-0.1, -0.05) is 5.16 Å². The number of hydrogen-bond donors (Lipinski definition) is 1. The zero-order chi connectivity index (χ0) is 11.8. The van der Waals surface area contributed by atoms with Gasteiger partial charge < -0.3 is 19.1 Å². The summed E-state index contributed by atoms with van der Waals surface area (Å²) in [6.45, 7) is 0.168. The maximum atomic E-state index is 10.9. The molecule has 3 rings (SSSR count). The average Bonchev–Trinajstić information content (AvgIpc) is 2.96. The lowest BCUT2D eigenvalue weighted by molar-refractivity contribution is 0.0697. The third kappa shape index (κ3) is 1.50. The molecule has 0 atom stereocenters. The first-order valence-electron chi connectivity index (χ1n) is 4.83. The summed E-state index contributed by atoms with van der Waals surface area (Å²) in [4.78, 5) is 10.9. The third-order valence-electron chi connectivity index (χ3n) is 2.44. The largest absolute Gasteiger partial charge is 0.477 e. The Labute approximate surface area is 95.4 Å². The summed E-state index contributed by atoms with van der Waals surface area (Å²) in [7, 11) is 0. The molecule has 0 radical (unpaired) electrons. The van der Waals surface area contributed by atoms with Crippen LogP contribution in [0.25, 0.3) is 11.3 Å². The number of carboxylic acid groups (broad SMARTS) is 1. The number of hydrogen-bond acceptors (Lipinski definition) is 5. The van der Waals surface area contributed by atoms with Crippen molar-refractivity contribution in [3.8, 4) is 22.8 Å². The fraction of sp³-hybridized carbons (Fsp3) is 0.0909. The van der Waals surface area contributed by atoms with Crippen LogP contribution in [0.5, 0.6) is 11.5 Å². The number of nitrogens with zero attached hydrogens (tertiary/aromatic N) is 1. The minimum Gasteiger partial charge on any atom is -0.477 e. The van der Waals surface area contributed by atoms with Crippen molar-refractivity contribution in [1.29, 1.82) is 0 Å². The molecule has 6 nitrogen and oxygen atoms in total. The van der Waals surface area contributed by atoms with Crippen LogP contribution in [0.15, 0.2) is 28.9 Å². The molecule has 0 fully saturated rings. The van der Waals surface area contributed by atoms with Gasteiger partial charge in [0.25, 0.3) is 0 Å². The van der Waals surface area contributed by atoms with Crippen molar-refractivity contribution >= 4 is 5.97 Å². The highest BCUT2D eigenvalue weighted by Crippen LogP contribution is 2.36. The lowest BCUT2D eigenvalue weighted by Crippen LogP contribution is -1.95.